The highest BCUT2D eigenvalue weighted by Crippen LogP contribution is 2.49. The second kappa shape index (κ2) is 10.3. The first kappa shape index (κ1) is 25.1. The van der Waals surface area contributed by atoms with Crippen LogP contribution in [0.15, 0.2) is 22.4 Å². The molecule has 10 heteroatoms. The van der Waals surface area contributed by atoms with Crippen molar-refractivity contribution < 1.29 is 33.5 Å². The molecule has 0 N–H and O–H groups in total. The molecule has 0 aromatic heterocycles. The summed E-state index contributed by atoms with van der Waals surface area (Å²) in [5.41, 5.74) is 1.88. The summed E-state index contributed by atoms with van der Waals surface area (Å²) in [7, 11) is 1.61. The van der Waals surface area contributed by atoms with E-state index >= 15 is 0 Å². The zero-order chi connectivity index (χ0) is 24.5. The lowest BCUT2D eigenvalue weighted by molar-refractivity contribution is -0.291. The van der Waals surface area contributed by atoms with Crippen molar-refractivity contribution in [3.8, 4) is 0 Å². The van der Waals surface area contributed by atoms with Gasteiger partial charge >= 0.3 is 6.16 Å². The Hall–Kier alpha value is -1.98. The lowest BCUT2D eigenvalue weighted by Gasteiger charge is -2.43. The van der Waals surface area contributed by atoms with Crippen LogP contribution in [0.1, 0.15) is 49.3 Å². The van der Waals surface area contributed by atoms with Crippen LogP contribution in [-0.4, -0.2) is 67.4 Å². The number of aryl methyl sites for hydroxylation is 2. The Morgan fingerprint density at radius 2 is 2.00 bits per heavy atom. The number of carbonyl (C=O) groups excluding carboxylic acids is 2. The standard InChI is InChI=1S/C24H31BrN2O7/c1-5-31-23(29)33-21-20(19-16(3)13-15(2)14-17(19)25)22(28)27(34-18-7-6-12-32-18)24(21)8-10-26(30-4)11-9-24/h13-14,18H,5-12H2,1-4H3. The molecular formula is C24H31BrN2O7. The molecule has 2 saturated heterocycles. The first-order valence-electron chi connectivity index (χ1n) is 11.6. The van der Waals surface area contributed by atoms with Gasteiger partial charge in [0.1, 0.15) is 5.54 Å². The summed E-state index contributed by atoms with van der Waals surface area (Å²) in [6, 6.07) is 3.93. The van der Waals surface area contributed by atoms with Gasteiger partial charge in [-0.25, -0.2) is 14.7 Å². The Morgan fingerprint density at radius 3 is 2.59 bits per heavy atom. The van der Waals surface area contributed by atoms with Crippen molar-refractivity contribution in [3.63, 3.8) is 0 Å². The number of hydrogen-bond donors (Lipinski definition) is 0. The van der Waals surface area contributed by atoms with Crippen molar-refractivity contribution in [2.24, 2.45) is 0 Å². The van der Waals surface area contributed by atoms with Crippen molar-refractivity contribution in [1.82, 2.24) is 10.1 Å². The summed E-state index contributed by atoms with van der Waals surface area (Å²) in [4.78, 5) is 38.2. The zero-order valence-corrected chi connectivity index (χ0v) is 21.6. The third-order valence-corrected chi connectivity index (χ3v) is 7.11. The van der Waals surface area contributed by atoms with Gasteiger partial charge in [0, 0.05) is 29.5 Å². The van der Waals surface area contributed by atoms with Crippen LogP contribution in [0.4, 0.5) is 4.79 Å². The van der Waals surface area contributed by atoms with E-state index in [2.05, 4.69) is 15.9 Å². The van der Waals surface area contributed by atoms with E-state index in [1.54, 1.807) is 14.0 Å². The molecule has 1 aromatic carbocycles. The van der Waals surface area contributed by atoms with Crippen LogP contribution in [0.2, 0.25) is 0 Å². The first-order chi connectivity index (χ1) is 16.3. The number of rotatable bonds is 6. The van der Waals surface area contributed by atoms with Gasteiger partial charge < -0.3 is 19.0 Å². The molecule has 3 aliphatic rings. The maximum atomic E-state index is 14.0. The predicted molar refractivity (Wildman–Crippen MR) is 126 cm³/mol. The zero-order valence-electron chi connectivity index (χ0n) is 20.0. The van der Waals surface area contributed by atoms with E-state index in [-0.39, 0.29) is 18.3 Å². The molecule has 3 aliphatic heterocycles. The Bertz CT molecular complexity index is 959. The Labute approximate surface area is 207 Å². The van der Waals surface area contributed by atoms with Crippen molar-refractivity contribution >= 4 is 33.6 Å². The van der Waals surface area contributed by atoms with Gasteiger partial charge in [-0.2, -0.15) is 5.06 Å². The van der Waals surface area contributed by atoms with E-state index in [9.17, 15) is 9.59 Å². The fourth-order valence-electron chi connectivity index (χ4n) is 4.91. The van der Waals surface area contributed by atoms with Crippen LogP contribution in [0, 0.1) is 13.8 Å². The van der Waals surface area contributed by atoms with Crippen molar-refractivity contribution in [2.45, 2.75) is 58.3 Å². The van der Waals surface area contributed by atoms with Gasteiger partial charge in [0.25, 0.3) is 5.91 Å². The number of carbonyl (C=O) groups is 2. The number of piperidine rings is 1. The number of ether oxygens (including phenoxy) is 3. The van der Waals surface area contributed by atoms with Gasteiger partial charge in [-0.15, -0.1) is 0 Å². The maximum absolute atomic E-state index is 14.0. The van der Waals surface area contributed by atoms with Gasteiger partial charge in [0.05, 0.1) is 25.9 Å². The molecule has 1 aromatic rings. The molecule has 0 bridgehead atoms. The normalized spacial score (nSPS) is 22.7. The Balaban J connectivity index is 1.87. The van der Waals surface area contributed by atoms with Crippen LogP contribution < -0.4 is 0 Å². The van der Waals surface area contributed by atoms with Gasteiger partial charge in [-0.3, -0.25) is 4.79 Å². The molecule has 34 heavy (non-hydrogen) atoms. The van der Waals surface area contributed by atoms with Gasteiger partial charge in [0.15, 0.2) is 12.0 Å². The third kappa shape index (κ3) is 4.61. The van der Waals surface area contributed by atoms with E-state index in [0.717, 1.165) is 22.0 Å². The highest BCUT2D eigenvalue weighted by atomic mass is 79.9. The van der Waals surface area contributed by atoms with E-state index in [1.807, 2.05) is 31.0 Å². The monoisotopic (exact) mass is 538 g/mol. The molecule has 1 atom stereocenters. The lowest BCUT2D eigenvalue weighted by atomic mass is 9.85. The van der Waals surface area contributed by atoms with E-state index in [0.29, 0.717) is 50.1 Å². The van der Waals surface area contributed by atoms with Crippen LogP contribution in [0.5, 0.6) is 0 Å². The van der Waals surface area contributed by atoms with E-state index in [4.69, 9.17) is 23.9 Å². The first-order valence-corrected chi connectivity index (χ1v) is 12.4. The summed E-state index contributed by atoms with van der Waals surface area (Å²) in [5.74, 6) is -0.120. The molecular weight excluding hydrogens is 508 g/mol. The highest BCUT2D eigenvalue weighted by Gasteiger charge is 2.58. The second-order valence-corrected chi connectivity index (χ2v) is 9.57. The largest absolute Gasteiger partial charge is 0.513 e. The molecule has 0 saturated carbocycles. The Kier molecular flexibility index (Phi) is 7.63. The second-order valence-electron chi connectivity index (χ2n) is 8.72. The molecule has 186 valence electrons. The van der Waals surface area contributed by atoms with Crippen LogP contribution in [0.25, 0.3) is 5.57 Å². The SMILES string of the molecule is CCOC(=O)OC1=C(c2c(C)cc(C)cc2Br)C(=O)N(OC2CCCO2)C12CCN(OC)CC2. The van der Waals surface area contributed by atoms with Gasteiger partial charge in [0.2, 0.25) is 0 Å². The van der Waals surface area contributed by atoms with Crippen molar-refractivity contribution in [2.75, 3.05) is 33.4 Å². The summed E-state index contributed by atoms with van der Waals surface area (Å²) in [6.07, 6.45) is 1.04. The molecule has 2 fully saturated rings. The smallest absolute Gasteiger partial charge is 0.434 e. The number of nitrogens with zero attached hydrogens (tertiary/aromatic N) is 2. The number of hydroxylamine groups is 4. The quantitative estimate of drug-likeness (QED) is 0.496. The molecule has 1 unspecified atom stereocenters. The van der Waals surface area contributed by atoms with Crippen molar-refractivity contribution in [3.05, 3.63) is 39.1 Å². The van der Waals surface area contributed by atoms with Crippen LogP contribution in [-0.2, 0) is 28.7 Å². The summed E-state index contributed by atoms with van der Waals surface area (Å²) in [5, 5.41) is 3.19. The maximum Gasteiger partial charge on any atom is 0.513 e. The number of amides is 1. The lowest BCUT2D eigenvalue weighted by Crippen LogP contribution is -2.56. The van der Waals surface area contributed by atoms with Crippen LogP contribution in [0.3, 0.4) is 0 Å². The number of hydrogen-bond acceptors (Lipinski definition) is 8. The number of benzene rings is 1. The molecule has 0 radical (unpaired) electrons. The fourth-order valence-corrected chi connectivity index (χ4v) is 5.79. The van der Waals surface area contributed by atoms with E-state index in [1.165, 1.54) is 5.06 Å². The molecule has 3 heterocycles. The molecule has 0 aliphatic carbocycles. The minimum Gasteiger partial charge on any atom is -0.434 e. The minimum atomic E-state index is -1.00. The predicted octanol–water partition coefficient (Wildman–Crippen LogP) is 4.26. The number of halogens is 1. The average molecular weight is 539 g/mol. The average Bonchev–Trinajstić information content (AvgIpc) is 3.37. The van der Waals surface area contributed by atoms with Gasteiger partial charge in [-0.05, 0) is 57.2 Å². The summed E-state index contributed by atoms with van der Waals surface area (Å²) >= 11 is 3.63. The Morgan fingerprint density at radius 1 is 1.26 bits per heavy atom. The highest BCUT2D eigenvalue weighted by molar-refractivity contribution is 9.10. The summed E-state index contributed by atoms with van der Waals surface area (Å²) in [6.45, 7) is 7.39. The molecule has 1 amide bonds. The van der Waals surface area contributed by atoms with Crippen LogP contribution >= 0.6 is 15.9 Å². The van der Waals surface area contributed by atoms with Crippen molar-refractivity contribution in [1.29, 1.82) is 0 Å². The molecule has 9 nitrogen and oxygen atoms in total. The van der Waals surface area contributed by atoms with Gasteiger partial charge in [-0.1, -0.05) is 22.0 Å². The topological polar surface area (TPSA) is 86.8 Å². The fraction of sp³-hybridized carbons (Fsp3) is 0.583. The minimum absolute atomic E-state index is 0.156. The summed E-state index contributed by atoms with van der Waals surface area (Å²) < 4.78 is 17.4. The van der Waals surface area contributed by atoms with E-state index < -0.39 is 18.0 Å². The third-order valence-electron chi connectivity index (χ3n) is 6.48. The molecule has 4 rings (SSSR count). The molecule has 1 spiro atoms.